The molecule has 156 valence electrons. The number of thioether (sulfide) groups is 1. The third kappa shape index (κ3) is 4.89. The second-order valence-electron chi connectivity index (χ2n) is 6.43. The quantitative estimate of drug-likeness (QED) is 0.297. The van der Waals surface area contributed by atoms with E-state index >= 15 is 0 Å². The number of carbonyl (C=O) groups excluding carboxylic acids is 1. The molecule has 6 nitrogen and oxygen atoms in total. The van der Waals surface area contributed by atoms with E-state index in [9.17, 15) is 9.18 Å². The third-order valence-corrected chi connectivity index (χ3v) is 6.02. The third-order valence-electron chi connectivity index (χ3n) is 4.30. The second-order valence-corrected chi connectivity index (χ2v) is 8.23. The molecule has 0 aliphatic heterocycles. The zero-order valence-corrected chi connectivity index (χ0v) is 18.0. The number of nitrogens with zero attached hydrogens (tertiary/aromatic N) is 4. The van der Waals surface area contributed by atoms with Crippen LogP contribution in [0.5, 0.6) is 0 Å². The van der Waals surface area contributed by atoms with Gasteiger partial charge in [0, 0.05) is 17.5 Å². The first-order chi connectivity index (χ1) is 15.2. The highest BCUT2D eigenvalue weighted by Crippen LogP contribution is 2.27. The zero-order valence-electron chi connectivity index (χ0n) is 16.4. The largest absolute Gasteiger partial charge is 0.301 e. The summed E-state index contributed by atoms with van der Waals surface area (Å²) in [4.78, 5) is 16.9. The Kier molecular flexibility index (Phi) is 6.54. The molecule has 4 aromatic rings. The van der Waals surface area contributed by atoms with E-state index < -0.39 is 0 Å². The average molecular weight is 452 g/mol. The van der Waals surface area contributed by atoms with Gasteiger partial charge in [0.1, 0.15) is 5.82 Å². The normalized spacial score (nSPS) is 10.7. The molecule has 0 radical (unpaired) electrons. The Bertz CT molecular complexity index is 1210. The van der Waals surface area contributed by atoms with Gasteiger partial charge in [-0.1, -0.05) is 60.3 Å². The SMILES string of the molecule is C=CCn1c(SCC(=O)Nc2nc(-c3ccccc3)cs2)nnc1-c1ccccc1F. The van der Waals surface area contributed by atoms with Crippen molar-refractivity contribution in [1.82, 2.24) is 19.7 Å². The molecule has 1 amide bonds. The molecule has 0 aliphatic rings. The topological polar surface area (TPSA) is 72.7 Å². The second kappa shape index (κ2) is 9.67. The van der Waals surface area contributed by atoms with Crippen LogP contribution in [-0.2, 0) is 11.3 Å². The number of nitrogens with one attached hydrogen (secondary N) is 1. The highest BCUT2D eigenvalue weighted by atomic mass is 32.2. The monoisotopic (exact) mass is 451 g/mol. The lowest BCUT2D eigenvalue weighted by Gasteiger charge is -2.08. The first-order valence-corrected chi connectivity index (χ1v) is 11.2. The van der Waals surface area contributed by atoms with Crippen molar-refractivity contribution in [3.05, 3.63) is 78.4 Å². The molecule has 0 saturated heterocycles. The van der Waals surface area contributed by atoms with Gasteiger partial charge in [-0.2, -0.15) is 0 Å². The van der Waals surface area contributed by atoms with E-state index in [2.05, 4.69) is 27.1 Å². The fraction of sp³-hybridized carbons (Fsp3) is 0.0909. The van der Waals surface area contributed by atoms with Crippen LogP contribution >= 0.6 is 23.1 Å². The van der Waals surface area contributed by atoms with Crippen molar-refractivity contribution < 1.29 is 9.18 Å². The summed E-state index contributed by atoms with van der Waals surface area (Å²) in [5, 5.41) is 14.0. The van der Waals surface area contributed by atoms with Crippen LogP contribution in [0.3, 0.4) is 0 Å². The van der Waals surface area contributed by atoms with E-state index in [-0.39, 0.29) is 17.5 Å². The molecule has 0 saturated carbocycles. The highest BCUT2D eigenvalue weighted by molar-refractivity contribution is 7.99. The maximum atomic E-state index is 14.2. The molecule has 2 heterocycles. The lowest BCUT2D eigenvalue weighted by Crippen LogP contribution is -2.14. The predicted octanol–water partition coefficient (Wildman–Crippen LogP) is 5.12. The first kappa shape index (κ1) is 21.0. The average Bonchev–Trinajstić information content (AvgIpc) is 3.41. The summed E-state index contributed by atoms with van der Waals surface area (Å²) < 4.78 is 15.9. The number of aromatic nitrogens is 4. The molecule has 0 bridgehead atoms. The van der Waals surface area contributed by atoms with Crippen molar-refractivity contribution in [3.8, 4) is 22.6 Å². The number of halogens is 1. The molecular formula is C22H18FN5OS2. The van der Waals surface area contributed by atoms with Gasteiger partial charge in [-0.3, -0.25) is 9.36 Å². The molecule has 0 atom stereocenters. The molecule has 2 aromatic heterocycles. The summed E-state index contributed by atoms with van der Waals surface area (Å²) in [6.45, 7) is 4.14. The molecular weight excluding hydrogens is 433 g/mol. The van der Waals surface area contributed by atoms with E-state index in [0.717, 1.165) is 11.3 Å². The molecule has 0 spiro atoms. The number of hydrogen-bond donors (Lipinski definition) is 1. The number of anilines is 1. The Morgan fingerprint density at radius 1 is 1.16 bits per heavy atom. The van der Waals surface area contributed by atoms with Crippen LogP contribution in [0.1, 0.15) is 0 Å². The fourth-order valence-electron chi connectivity index (χ4n) is 2.89. The summed E-state index contributed by atoms with van der Waals surface area (Å²) in [5.74, 6) is -0.0762. The van der Waals surface area contributed by atoms with E-state index in [1.807, 2.05) is 35.7 Å². The summed E-state index contributed by atoms with van der Waals surface area (Å²) >= 11 is 2.59. The van der Waals surface area contributed by atoms with E-state index in [0.29, 0.717) is 28.2 Å². The van der Waals surface area contributed by atoms with Crippen LogP contribution < -0.4 is 5.32 Å². The maximum Gasteiger partial charge on any atom is 0.236 e. The number of carbonyl (C=O) groups is 1. The van der Waals surface area contributed by atoms with Crippen molar-refractivity contribution in [2.24, 2.45) is 0 Å². The highest BCUT2D eigenvalue weighted by Gasteiger charge is 2.17. The zero-order chi connectivity index (χ0) is 21.6. The molecule has 9 heteroatoms. The van der Waals surface area contributed by atoms with Crippen molar-refractivity contribution >= 4 is 34.1 Å². The van der Waals surface area contributed by atoms with Crippen LogP contribution in [0.4, 0.5) is 9.52 Å². The van der Waals surface area contributed by atoms with Crippen LogP contribution in [0, 0.1) is 5.82 Å². The summed E-state index contributed by atoms with van der Waals surface area (Å²) in [6, 6.07) is 16.1. The number of amides is 1. The van der Waals surface area contributed by atoms with Gasteiger partial charge in [0.05, 0.1) is 17.0 Å². The molecule has 1 N–H and O–H groups in total. The minimum atomic E-state index is -0.382. The molecule has 0 unspecified atom stereocenters. The van der Waals surface area contributed by atoms with Crippen LogP contribution in [-0.4, -0.2) is 31.4 Å². The minimum absolute atomic E-state index is 0.118. The molecule has 0 aliphatic carbocycles. The van der Waals surface area contributed by atoms with Crippen molar-refractivity contribution in [2.75, 3.05) is 11.1 Å². The van der Waals surface area contributed by atoms with Gasteiger partial charge in [0.2, 0.25) is 5.91 Å². The Balaban J connectivity index is 1.43. The fourth-order valence-corrected chi connectivity index (χ4v) is 4.37. The molecule has 4 rings (SSSR count). The minimum Gasteiger partial charge on any atom is -0.301 e. The number of hydrogen-bond acceptors (Lipinski definition) is 6. The van der Waals surface area contributed by atoms with Gasteiger partial charge < -0.3 is 5.32 Å². The molecule has 2 aromatic carbocycles. The molecule has 31 heavy (non-hydrogen) atoms. The number of rotatable bonds is 8. The van der Waals surface area contributed by atoms with E-state index in [4.69, 9.17) is 0 Å². The first-order valence-electron chi connectivity index (χ1n) is 9.38. The van der Waals surface area contributed by atoms with Crippen molar-refractivity contribution in [1.29, 1.82) is 0 Å². The van der Waals surface area contributed by atoms with Gasteiger partial charge in [0.15, 0.2) is 16.1 Å². The Morgan fingerprint density at radius 3 is 2.71 bits per heavy atom. The van der Waals surface area contributed by atoms with Gasteiger partial charge in [-0.15, -0.1) is 28.1 Å². The smallest absolute Gasteiger partial charge is 0.236 e. The van der Waals surface area contributed by atoms with Crippen molar-refractivity contribution in [2.45, 2.75) is 11.7 Å². The van der Waals surface area contributed by atoms with Gasteiger partial charge >= 0.3 is 0 Å². The van der Waals surface area contributed by atoms with Gasteiger partial charge in [-0.05, 0) is 12.1 Å². The summed E-state index contributed by atoms with van der Waals surface area (Å²) in [6.07, 6.45) is 1.68. The van der Waals surface area contributed by atoms with E-state index in [1.54, 1.807) is 28.8 Å². The summed E-state index contributed by atoms with van der Waals surface area (Å²) in [7, 11) is 0. The Labute approximate surface area is 186 Å². The number of allylic oxidation sites excluding steroid dienone is 1. The Hall–Kier alpha value is -3.30. The number of benzene rings is 2. The standard InChI is InChI=1S/C22H18FN5OS2/c1-2-12-28-20(16-10-6-7-11-17(16)23)26-27-22(28)31-14-19(29)25-21-24-18(13-30-21)15-8-4-3-5-9-15/h2-11,13H,1,12,14H2,(H,24,25,29). The van der Waals surface area contributed by atoms with Gasteiger partial charge in [0.25, 0.3) is 0 Å². The molecule has 0 fully saturated rings. The van der Waals surface area contributed by atoms with E-state index in [1.165, 1.54) is 29.2 Å². The van der Waals surface area contributed by atoms with Crippen LogP contribution in [0.25, 0.3) is 22.6 Å². The van der Waals surface area contributed by atoms with Gasteiger partial charge in [-0.25, -0.2) is 9.37 Å². The predicted molar refractivity (Wildman–Crippen MR) is 123 cm³/mol. The maximum absolute atomic E-state index is 14.2. The Morgan fingerprint density at radius 2 is 1.94 bits per heavy atom. The van der Waals surface area contributed by atoms with Crippen LogP contribution in [0.15, 0.2) is 77.8 Å². The number of thiazole rings is 1. The lowest BCUT2D eigenvalue weighted by atomic mass is 10.2. The lowest BCUT2D eigenvalue weighted by molar-refractivity contribution is -0.113. The van der Waals surface area contributed by atoms with Crippen LogP contribution in [0.2, 0.25) is 0 Å². The summed E-state index contributed by atoms with van der Waals surface area (Å²) in [5.41, 5.74) is 2.16. The van der Waals surface area contributed by atoms with Crippen molar-refractivity contribution in [3.63, 3.8) is 0 Å².